The predicted octanol–water partition coefficient (Wildman–Crippen LogP) is 3.79. The molecule has 1 aliphatic heterocycles. The zero-order valence-corrected chi connectivity index (χ0v) is 13.6. The Morgan fingerprint density at radius 3 is 2.17 bits per heavy atom. The van der Waals surface area contributed by atoms with Crippen molar-refractivity contribution < 1.29 is 14.3 Å². The van der Waals surface area contributed by atoms with Crippen molar-refractivity contribution in [2.45, 2.75) is 63.5 Å². The van der Waals surface area contributed by atoms with Gasteiger partial charge in [0.2, 0.25) is 0 Å². The maximum atomic E-state index is 13.4. The van der Waals surface area contributed by atoms with Gasteiger partial charge >= 0.3 is 0 Å². The largest absolute Gasteiger partial charge is 0.486 e. The first-order valence-electron chi connectivity index (χ1n) is 9.06. The first kappa shape index (κ1) is 14.9. The minimum absolute atomic E-state index is 0.145. The Kier molecular flexibility index (Phi) is 4.15. The fraction of sp³-hybridized carbons (Fsp3) is 0.632. The minimum Gasteiger partial charge on any atom is -0.486 e. The maximum absolute atomic E-state index is 13.4. The average molecular weight is 315 g/mol. The topological polar surface area (TPSA) is 38.8 Å². The number of carbonyl (C=O) groups excluding carboxylic acids is 1. The molecule has 4 nitrogen and oxygen atoms in total. The molecule has 23 heavy (non-hydrogen) atoms. The summed E-state index contributed by atoms with van der Waals surface area (Å²) in [5.74, 6) is 1.50. The molecule has 4 rings (SSSR count). The predicted molar refractivity (Wildman–Crippen MR) is 88.1 cm³/mol. The first-order chi connectivity index (χ1) is 11.3. The Morgan fingerprint density at radius 2 is 1.52 bits per heavy atom. The molecule has 2 fully saturated rings. The van der Waals surface area contributed by atoms with Gasteiger partial charge < -0.3 is 14.4 Å². The van der Waals surface area contributed by atoms with Crippen LogP contribution in [0.4, 0.5) is 0 Å². The van der Waals surface area contributed by atoms with Crippen molar-refractivity contribution in [3.63, 3.8) is 0 Å². The van der Waals surface area contributed by atoms with Gasteiger partial charge in [-0.05, 0) is 37.8 Å². The summed E-state index contributed by atoms with van der Waals surface area (Å²) in [4.78, 5) is 15.6. The second-order valence-electron chi connectivity index (χ2n) is 6.92. The molecule has 4 heteroatoms. The maximum Gasteiger partial charge on any atom is 0.258 e. The van der Waals surface area contributed by atoms with E-state index < -0.39 is 0 Å². The van der Waals surface area contributed by atoms with Crippen molar-refractivity contribution >= 4 is 5.91 Å². The number of nitrogens with zero attached hydrogens (tertiary/aromatic N) is 1. The van der Waals surface area contributed by atoms with Crippen molar-refractivity contribution in [3.8, 4) is 11.5 Å². The highest BCUT2D eigenvalue weighted by atomic mass is 16.6. The molecule has 0 aromatic heterocycles. The van der Waals surface area contributed by atoms with E-state index in [-0.39, 0.29) is 5.91 Å². The van der Waals surface area contributed by atoms with Crippen LogP contribution in [0.1, 0.15) is 61.7 Å². The molecule has 1 amide bonds. The first-order valence-corrected chi connectivity index (χ1v) is 9.06. The van der Waals surface area contributed by atoms with E-state index in [0.717, 1.165) is 25.7 Å². The molecule has 2 aliphatic carbocycles. The summed E-state index contributed by atoms with van der Waals surface area (Å²) in [5, 5.41) is 0. The Labute approximate surface area is 137 Å². The van der Waals surface area contributed by atoms with Gasteiger partial charge in [-0.1, -0.05) is 31.7 Å². The van der Waals surface area contributed by atoms with Crippen molar-refractivity contribution in [2.24, 2.45) is 0 Å². The fourth-order valence-electron chi connectivity index (χ4n) is 4.38. The third-order valence-corrected chi connectivity index (χ3v) is 5.47. The third kappa shape index (κ3) is 2.79. The van der Waals surface area contributed by atoms with E-state index in [1.807, 2.05) is 18.2 Å². The van der Waals surface area contributed by atoms with Crippen molar-refractivity contribution in [1.29, 1.82) is 0 Å². The molecule has 0 atom stereocenters. The standard InChI is InChI=1S/C19H25NO3/c21-19(16-10-5-11-17-18(16)23-13-12-22-17)20(14-6-1-2-7-14)15-8-3-4-9-15/h5,10-11,14-15H,1-4,6-9,12-13H2. The van der Waals surface area contributed by atoms with Crippen molar-refractivity contribution in [2.75, 3.05) is 13.2 Å². The van der Waals surface area contributed by atoms with Crippen molar-refractivity contribution in [1.82, 2.24) is 4.90 Å². The molecule has 0 spiro atoms. The lowest BCUT2D eigenvalue weighted by Crippen LogP contribution is -2.45. The molecule has 0 N–H and O–H groups in total. The number of carbonyl (C=O) groups is 1. The van der Waals surface area contributed by atoms with Crippen LogP contribution >= 0.6 is 0 Å². The number of hydrogen-bond acceptors (Lipinski definition) is 3. The van der Waals surface area contributed by atoms with Crippen LogP contribution in [0.3, 0.4) is 0 Å². The van der Waals surface area contributed by atoms with E-state index in [1.54, 1.807) is 0 Å². The third-order valence-electron chi connectivity index (χ3n) is 5.47. The Hall–Kier alpha value is -1.71. The van der Waals surface area contributed by atoms with Crippen LogP contribution in [0.5, 0.6) is 11.5 Å². The highest BCUT2D eigenvalue weighted by molar-refractivity contribution is 5.98. The number of para-hydroxylation sites is 1. The summed E-state index contributed by atoms with van der Waals surface area (Å²) in [6, 6.07) is 6.51. The van der Waals surface area contributed by atoms with Crippen LogP contribution in [-0.4, -0.2) is 36.1 Å². The van der Waals surface area contributed by atoms with E-state index >= 15 is 0 Å². The Balaban J connectivity index is 1.67. The van der Waals surface area contributed by atoms with E-state index in [2.05, 4.69) is 4.90 Å². The number of amides is 1. The summed E-state index contributed by atoms with van der Waals surface area (Å²) in [6.07, 6.45) is 9.56. The van der Waals surface area contributed by atoms with Crippen LogP contribution < -0.4 is 9.47 Å². The molecule has 0 unspecified atom stereocenters. The van der Waals surface area contributed by atoms with Gasteiger partial charge in [0, 0.05) is 12.1 Å². The smallest absolute Gasteiger partial charge is 0.258 e. The van der Waals surface area contributed by atoms with Gasteiger partial charge in [-0.25, -0.2) is 0 Å². The summed E-state index contributed by atoms with van der Waals surface area (Å²) in [6.45, 7) is 1.07. The molecule has 1 aromatic carbocycles. The molecule has 2 saturated carbocycles. The molecule has 124 valence electrons. The van der Waals surface area contributed by atoms with Gasteiger partial charge in [-0.15, -0.1) is 0 Å². The fourth-order valence-corrected chi connectivity index (χ4v) is 4.38. The molecular weight excluding hydrogens is 290 g/mol. The van der Waals surface area contributed by atoms with Crippen LogP contribution in [0.25, 0.3) is 0 Å². The van der Waals surface area contributed by atoms with Crippen LogP contribution in [0.2, 0.25) is 0 Å². The van der Waals surface area contributed by atoms with Crippen LogP contribution in [0.15, 0.2) is 18.2 Å². The SMILES string of the molecule is O=C(c1cccc2c1OCCO2)N(C1CCCC1)C1CCCC1. The van der Waals surface area contributed by atoms with E-state index in [4.69, 9.17) is 9.47 Å². The molecule has 0 radical (unpaired) electrons. The number of rotatable bonds is 3. The zero-order valence-electron chi connectivity index (χ0n) is 13.6. The average Bonchev–Trinajstić information content (AvgIpc) is 3.29. The molecule has 3 aliphatic rings. The highest BCUT2D eigenvalue weighted by Crippen LogP contribution is 2.38. The van der Waals surface area contributed by atoms with Gasteiger partial charge in [0.15, 0.2) is 11.5 Å². The van der Waals surface area contributed by atoms with Gasteiger partial charge in [0.05, 0.1) is 5.56 Å². The Morgan fingerprint density at radius 1 is 0.913 bits per heavy atom. The van der Waals surface area contributed by atoms with Crippen molar-refractivity contribution in [3.05, 3.63) is 23.8 Å². The summed E-state index contributed by atoms with van der Waals surface area (Å²) >= 11 is 0. The molecule has 1 heterocycles. The molecule has 1 aromatic rings. The Bertz CT molecular complexity index is 558. The molecular formula is C19H25NO3. The second-order valence-corrected chi connectivity index (χ2v) is 6.92. The lowest BCUT2D eigenvalue weighted by atomic mass is 10.0. The van der Waals surface area contributed by atoms with E-state index in [9.17, 15) is 4.79 Å². The summed E-state index contributed by atoms with van der Waals surface area (Å²) in [5.41, 5.74) is 0.681. The van der Waals surface area contributed by atoms with E-state index in [1.165, 1.54) is 25.7 Å². The van der Waals surface area contributed by atoms with Gasteiger partial charge in [-0.3, -0.25) is 4.79 Å². The lowest BCUT2D eigenvalue weighted by molar-refractivity contribution is 0.0571. The highest BCUT2D eigenvalue weighted by Gasteiger charge is 2.36. The lowest BCUT2D eigenvalue weighted by Gasteiger charge is -2.35. The monoisotopic (exact) mass is 315 g/mol. The number of fused-ring (bicyclic) bond motifs is 1. The summed E-state index contributed by atoms with van der Waals surface area (Å²) < 4.78 is 11.4. The quantitative estimate of drug-likeness (QED) is 0.852. The van der Waals surface area contributed by atoms with Gasteiger partial charge in [-0.2, -0.15) is 0 Å². The zero-order chi connectivity index (χ0) is 15.6. The summed E-state index contributed by atoms with van der Waals surface area (Å²) in [7, 11) is 0. The van der Waals surface area contributed by atoms with Gasteiger partial charge in [0.25, 0.3) is 5.91 Å². The second kappa shape index (κ2) is 6.42. The van der Waals surface area contributed by atoms with E-state index in [0.29, 0.717) is 42.4 Å². The molecule has 0 saturated heterocycles. The number of ether oxygens (including phenoxy) is 2. The normalized spacial score (nSPS) is 21.6. The van der Waals surface area contributed by atoms with Crippen LogP contribution in [0, 0.1) is 0 Å². The minimum atomic E-state index is 0.145. The number of hydrogen-bond donors (Lipinski definition) is 0. The number of benzene rings is 1. The molecule has 0 bridgehead atoms. The van der Waals surface area contributed by atoms with Gasteiger partial charge in [0.1, 0.15) is 13.2 Å². The van der Waals surface area contributed by atoms with Crippen LogP contribution in [-0.2, 0) is 0 Å².